The van der Waals surface area contributed by atoms with Crippen molar-refractivity contribution >= 4 is 46.6 Å². The Labute approximate surface area is 196 Å². The van der Waals surface area contributed by atoms with Gasteiger partial charge in [-0.3, -0.25) is 9.59 Å². The Morgan fingerprint density at radius 2 is 1.55 bits per heavy atom. The Morgan fingerprint density at radius 1 is 0.903 bits per heavy atom. The van der Waals surface area contributed by atoms with Crippen molar-refractivity contribution in [2.45, 2.75) is 26.1 Å². The Balaban J connectivity index is 1.87. The largest absolute Gasteiger partial charge is 0.350 e. The summed E-state index contributed by atoms with van der Waals surface area (Å²) in [5, 5.41) is 4.50. The lowest BCUT2D eigenvalue weighted by atomic mass is 10.0. The van der Waals surface area contributed by atoms with Gasteiger partial charge >= 0.3 is 0 Å². The quantitative estimate of drug-likeness (QED) is 0.452. The van der Waals surface area contributed by atoms with Crippen LogP contribution in [0.4, 0.5) is 0 Å². The van der Waals surface area contributed by atoms with Gasteiger partial charge in [-0.1, -0.05) is 83.3 Å². The molecule has 0 spiro atoms. The number of carbonyl (C=O) groups excluding carboxylic acids is 2. The third-order valence-corrected chi connectivity index (χ3v) is 5.65. The number of rotatable bonds is 7. The van der Waals surface area contributed by atoms with Crippen LogP contribution in [0.1, 0.15) is 29.7 Å². The second kappa shape index (κ2) is 10.7. The molecule has 0 aliphatic heterocycles. The van der Waals surface area contributed by atoms with Crippen molar-refractivity contribution < 1.29 is 9.59 Å². The molecule has 0 unspecified atom stereocenters. The number of carbonyl (C=O) groups is 2. The van der Waals surface area contributed by atoms with Crippen LogP contribution in [0.25, 0.3) is 0 Å². The first kappa shape index (κ1) is 23.1. The molecule has 0 aromatic heterocycles. The lowest BCUT2D eigenvalue weighted by molar-refractivity contribution is -0.140. The third kappa shape index (κ3) is 6.23. The Bertz CT molecular complexity index is 1060. The first-order valence-electron chi connectivity index (χ1n) is 9.63. The maximum absolute atomic E-state index is 13.3. The van der Waals surface area contributed by atoms with E-state index in [4.69, 9.17) is 34.8 Å². The smallest absolute Gasteiger partial charge is 0.247 e. The SMILES string of the molecule is CC(=O)N(Cc1ccc(Cl)cc1)[C@@H](C(=O)NCc1ccc(Cl)cc1Cl)c1ccccc1. The van der Waals surface area contributed by atoms with Crippen molar-refractivity contribution in [2.75, 3.05) is 0 Å². The maximum Gasteiger partial charge on any atom is 0.247 e. The average Bonchev–Trinajstić information content (AvgIpc) is 2.74. The van der Waals surface area contributed by atoms with Crippen molar-refractivity contribution in [3.8, 4) is 0 Å². The molecule has 0 saturated heterocycles. The number of nitrogens with zero attached hydrogens (tertiary/aromatic N) is 1. The lowest BCUT2D eigenvalue weighted by Gasteiger charge is -2.30. The van der Waals surface area contributed by atoms with Gasteiger partial charge in [-0.15, -0.1) is 0 Å². The monoisotopic (exact) mass is 474 g/mol. The molecule has 31 heavy (non-hydrogen) atoms. The van der Waals surface area contributed by atoms with E-state index in [0.717, 1.165) is 11.1 Å². The lowest BCUT2D eigenvalue weighted by Crippen LogP contribution is -2.42. The molecule has 7 heteroatoms. The average molecular weight is 476 g/mol. The molecule has 1 atom stereocenters. The molecule has 0 fully saturated rings. The highest BCUT2D eigenvalue weighted by Crippen LogP contribution is 2.25. The zero-order chi connectivity index (χ0) is 22.4. The van der Waals surface area contributed by atoms with E-state index < -0.39 is 6.04 Å². The molecule has 4 nitrogen and oxygen atoms in total. The van der Waals surface area contributed by atoms with Crippen molar-refractivity contribution in [1.82, 2.24) is 10.2 Å². The van der Waals surface area contributed by atoms with Crippen molar-refractivity contribution in [2.24, 2.45) is 0 Å². The predicted octanol–water partition coefficient (Wildman–Crippen LogP) is 6.05. The van der Waals surface area contributed by atoms with Gasteiger partial charge in [0.1, 0.15) is 6.04 Å². The summed E-state index contributed by atoms with van der Waals surface area (Å²) in [5.41, 5.74) is 2.32. The summed E-state index contributed by atoms with van der Waals surface area (Å²) in [4.78, 5) is 27.4. The van der Waals surface area contributed by atoms with Gasteiger partial charge in [0, 0.05) is 35.1 Å². The van der Waals surface area contributed by atoms with Crippen LogP contribution < -0.4 is 5.32 Å². The van der Waals surface area contributed by atoms with Crippen molar-refractivity contribution in [3.05, 3.63) is 105 Å². The summed E-state index contributed by atoms with van der Waals surface area (Å²) in [6.45, 7) is 1.93. The molecule has 3 rings (SSSR count). The molecule has 0 aliphatic carbocycles. The predicted molar refractivity (Wildman–Crippen MR) is 125 cm³/mol. The summed E-state index contributed by atoms with van der Waals surface area (Å²) in [7, 11) is 0. The number of hydrogen-bond acceptors (Lipinski definition) is 2. The van der Waals surface area contributed by atoms with Crippen LogP contribution in [-0.2, 0) is 22.7 Å². The third-order valence-electron chi connectivity index (χ3n) is 4.81. The Morgan fingerprint density at radius 3 is 2.16 bits per heavy atom. The van der Waals surface area contributed by atoms with Gasteiger partial charge in [0.05, 0.1) is 0 Å². The highest BCUT2D eigenvalue weighted by molar-refractivity contribution is 6.35. The van der Waals surface area contributed by atoms with Crippen LogP contribution in [0.2, 0.25) is 15.1 Å². The van der Waals surface area contributed by atoms with E-state index >= 15 is 0 Å². The van der Waals surface area contributed by atoms with Gasteiger partial charge < -0.3 is 10.2 Å². The number of benzene rings is 3. The highest BCUT2D eigenvalue weighted by atomic mass is 35.5. The summed E-state index contributed by atoms with van der Waals surface area (Å²) in [6.07, 6.45) is 0. The van der Waals surface area contributed by atoms with Crippen molar-refractivity contribution in [3.63, 3.8) is 0 Å². The number of amides is 2. The molecular formula is C24H21Cl3N2O2. The van der Waals surface area contributed by atoms with Gasteiger partial charge in [-0.25, -0.2) is 0 Å². The molecule has 160 valence electrons. The molecule has 3 aromatic carbocycles. The van der Waals surface area contributed by atoms with Crippen LogP contribution in [-0.4, -0.2) is 16.7 Å². The summed E-state index contributed by atoms with van der Waals surface area (Å²) in [5.74, 6) is -0.523. The fourth-order valence-corrected chi connectivity index (χ4v) is 3.82. The molecule has 0 heterocycles. The molecule has 0 bridgehead atoms. The second-order valence-electron chi connectivity index (χ2n) is 7.04. The van der Waals surface area contributed by atoms with E-state index in [-0.39, 0.29) is 24.9 Å². The molecule has 0 radical (unpaired) electrons. The molecule has 0 saturated carbocycles. The topological polar surface area (TPSA) is 49.4 Å². The zero-order valence-corrected chi connectivity index (χ0v) is 19.1. The van der Waals surface area contributed by atoms with Gasteiger partial charge in [0.15, 0.2) is 0 Å². The van der Waals surface area contributed by atoms with Crippen LogP contribution in [0.3, 0.4) is 0 Å². The Hall–Kier alpha value is -2.53. The number of nitrogens with one attached hydrogen (secondary N) is 1. The normalized spacial score (nSPS) is 11.6. The fourth-order valence-electron chi connectivity index (χ4n) is 3.22. The minimum absolute atomic E-state index is 0.213. The maximum atomic E-state index is 13.3. The summed E-state index contributed by atoms with van der Waals surface area (Å²) >= 11 is 18.2. The molecule has 2 amide bonds. The first-order valence-corrected chi connectivity index (χ1v) is 10.8. The van der Waals surface area contributed by atoms with Gasteiger partial charge in [-0.2, -0.15) is 0 Å². The van der Waals surface area contributed by atoms with Crippen LogP contribution in [0, 0.1) is 0 Å². The summed E-state index contributed by atoms with van der Waals surface area (Å²) < 4.78 is 0. The van der Waals surface area contributed by atoms with E-state index in [1.165, 1.54) is 11.8 Å². The Kier molecular flexibility index (Phi) is 7.97. The van der Waals surface area contributed by atoms with Crippen molar-refractivity contribution in [1.29, 1.82) is 0 Å². The molecule has 0 aliphatic rings. The molecule has 3 aromatic rings. The van der Waals surface area contributed by atoms with Gasteiger partial charge in [0.2, 0.25) is 11.8 Å². The minimum atomic E-state index is -0.805. The first-order chi connectivity index (χ1) is 14.8. The van der Waals surface area contributed by atoms with E-state index in [9.17, 15) is 9.59 Å². The highest BCUT2D eigenvalue weighted by Gasteiger charge is 2.29. The standard InChI is InChI=1S/C24H21Cl3N2O2/c1-16(30)29(15-17-7-10-20(25)11-8-17)23(18-5-3-2-4-6-18)24(31)28-14-19-9-12-21(26)13-22(19)27/h2-13,23H,14-15H2,1H3,(H,28,31)/t23-/m1/s1. The van der Waals surface area contributed by atoms with Gasteiger partial charge in [-0.05, 0) is 41.0 Å². The number of hydrogen-bond donors (Lipinski definition) is 1. The fraction of sp³-hybridized carbons (Fsp3) is 0.167. The van der Waals surface area contributed by atoms with E-state index in [1.807, 2.05) is 42.5 Å². The van der Waals surface area contributed by atoms with E-state index in [1.54, 1.807) is 30.3 Å². The van der Waals surface area contributed by atoms with Crippen LogP contribution in [0.15, 0.2) is 72.8 Å². The summed E-state index contributed by atoms with van der Waals surface area (Å²) in [6, 6.07) is 20.7. The van der Waals surface area contributed by atoms with E-state index in [2.05, 4.69) is 5.32 Å². The second-order valence-corrected chi connectivity index (χ2v) is 8.32. The van der Waals surface area contributed by atoms with Crippen LogP contribution in [0.5, 0.6) is 0 Å². The molecular weight excluding hydrogens is 455 g/mol. The van der Waals surface area contributed by atoms with Crippen LogP contribution >= 0.6 is 34.8 Å². The number of halogens is 3. The van der Waals surface area contributed by atoms with Gasteiger partial charge in [0.25, 0.3) is 0 Å². The zero-order valence-electron chi connectivity index (χ0n) is 16.8. The minimum Gasteiger partial charge on any atom is -0.350 e. The van der Waals surface area contributed by atoms with E-state index in [0.29, 0.717) is 20.6 Å². The molecule has 1 N–H and O–H groups in total.